The summed E-state index contributed by atoms with van der Waals surface area (Å²) in [6.07, 6.45) is -2.81. The molecule has 114 valence electrons. The number of halogens is 3. The van der Waals surface area contributed by atoms with E-state index in [9.17, 15) is 13.2 Å². The fraction of sp³-hybridized carbons (Fsp3) is 0.176. The molecular formula is C17H13F3O2. The number of furan rings is 1. The van der Waals surface area contributed by atoms with Crippen molar-refractivity contribution in [2.45, 2.75) is 19.7 Å². The Kier molecular flexibility index (Phi) is 3.56. The largest absolute Gasteiger partial charge is 0.489 e. The Hall–Kier alpha value is -2.43. The molecule has 0 atom stereocenters. The molecule has 5 heteroatoms. The van der Waals surface area contributed by atoms with E-state index in [2.05, 4.69) is 0 Å². The molecule has 0 radical (unpaired) electrons. The summed E-state index contributed by atoms with van der Waals surface area (Å²) in [6, 6.07) is 10.6. The molecule has 3 aromatic rings. The van der Waals surface area contributed by atoms with Crippen molar-refractivity contribution in [1.29, 1.82) is 0 Å². The minimum atomic E-state index is -4.38. The average Bonchev–Trinajstić information content (AvgIpc) is 2.87. The summed E-state index contributed by atoms with van der Waals surface area (Å²) in [5, 5.41) is 0.909. The molecule has 0 saturated heterocycles. The highest BCUT2D eigenvalue weighted by atomic mass is 19.4. The first kappa shape index (κ1) is 14.5. The number of hydrogen-bond acceptors (Lipinski definition) is 2. The Balaban J connectivity index is 1.81. The van der Waals surface area contributed by atoms with Gasteiger partial charge in [0.05, 0.1) is 11.8 Å². The fourth-order valence-electron chi connectivity index (χ4n) is 2.23. The predicted octanol–water partition coefficient (Wildman–Crippen LogP) is 5.34. The van der Waals surface area contributed by atoms with Crippen LogP contribution >= 0.6 is 0 Å². The van der Waals surface area contributed by atoms with Crippen molar-refractivity contribution in [1.82, 2.24) is 0 Å². The van der Waals surface area contributed by atoms with Crippen LogP contribution in [-0.4, -0.2) is 0 Å². The molecule has 22 heavy (non-hydrogen) atoms. The number of alkyl halides is 3. The standard InChI is InChI=1S/C17H13F3O2/c1-11-5-6-16-15(7-11)12(10-22-16)9-21-14-4-2-3-13(8-14)17(18,19)20/h2-8,10H,9H2,1H3. The molecule has 0 N–H and O–H groups in total. The van der Waals surface area contributed by atoms with Crippen molar-refractivity contribution in [2.75, 3.05) is 0 Å². The maximum Gasteiger partial charge on any atom is 0.416 e. The lowest BCUT2D eigenvalue weighted by molar-refractivity contribution is -0.137. The highest BCUT2D eigenvalue weighted by Crippen LogP contribution is 2.31. The Labute approximate surface area is 125 Å². The molecule has 3 rings (SSSR count). The summed E-state index contributed by atoms with van der Waals surface area (Å²) < 4.78 is 48.9. The monoisotopic (exact) mass is 306 g/mol. The zero-order chi connectivity index (χ0) is 15.7. The van der Waals surface area contributed by atoms with Crippen molar-refractivity contribution in [3.63, 3.8) is 0 Å². The van der Waals surface area contributed by atoms with Crippen LogP contribution in [0.5, 0.6) is 5.75 Å². The Bertz CT molecular complexity index is 803. The highest BCUT2D eigenvalue weighted by Gasteiger charge is 2.30. The van der Waals surface area contributed by atoms with Crippen LogP contribution < -0.4 is 4.74 Å². The summed E-state index contributed by atoms with van der Waals surface area (Å²) in [7, 11) is 0. The van der Waals surface area contributed by atoms with Crippen LogP contribution in [0, 0.1) is 6.92 Å². The lowest BCUT2D eigenvalue weighted by Crippen LogP contribution is -2.05. The van der Waals surface area contributed by atoms with E-state index in [1.807, 2.05) is 25.1 Å². The number of aryl methyl sites for hydroxylation is 1. The van der Waals surface area contributed by atoms with Crippen LogP contribution in [0.15, 0.2) is 53.1 Å². The molecule has 0 bridgehead atoms. The van der Waals surface area contributed by atoms with E-state index in [4.69, 9.17) is 9.15 Å². The number of ether oxygens (including phenoxy) is 1. The Morgan fingerprint density at radius 1 is 1.09 bits per heavy atom. The van der Waals surface area contributed by atoms with Gasteiger partial charge >= 0.3 is 6.18 Å². The number of fused-ring (bicyclic) bond motifs is 1. The normalized spacial score (nSPS) is 11.8. The van der Waals surface area contributed by atoms with Gasteiger partial charge in [-0.25, -0.2) is 0 Å². The molecule has 0 aliphatic carbocycles. The molecule has 0 amide bonds. The minimum absolute atomic E-state index is 0.151. The van der Waals surface area contributed by atoms with E-state index in [-0.39, 0.29) is 12.4 Å². The van der Waals surface area contributed by atoms with Gasteiger partial charge in [0, 0.05) is 10.9 Å². The number of rotatable bonds is 3. The molecule has 0 aliphatic rings. The van der Waals surface area contributed by atoms with E-state index in [0.717, 1.165) is 34.2 Å². The zero-order valence-corrected chi connectivity index (χ0v) is 11.8. The first-order valence-electron chi connectivity index (χ1n) is 6.70. The van der Waals surface area contributed by atoms with Gasteiger partial charge in [0.1, 0.15) is 17.9 Å². The zero-order valence-electron chi connectivity index (χ0n) is 11.8. The summed E-state index contributed by atoms with van der Waals surface area (Å²) in [5.74, 6) is 0.178. The van der Waals surface area contributed by atoms with Gasteiger partial charge in [-0.2, -0.15) is 13.2 Å². The molecule has 1 aromatic heterocycles. The topological polar surface area (TPSA) is 22.4 Å². The Morgan fingerprint density at radius 3 is 2.68 bits per heavy atom. The van der Waals surface area contributed by atoms with Gasteiger partial charge in [0.2, 0.25) is 0 Å². The van der Waals surface area contributed by atoms with E-state index < -0.39 is 11.7 Å². The van der Waals surface area contributed by atoms with Gasteiger partial charge in [-0.15, -0.1) is 0 Å². The summed E-state index contributed by atoms with van der Waals surface area (Å²) in [5.41, 5.74) is 1.89. The van der Waals surface area contributed by atoms with Crippen molar-refractivity contribution in [2.24, 2.45) is 0 Å². The lowest BCUT2D eigenvalue weighted by Gasteiger charge is -2.09. The second-order valence-corrected chi connectivity index (χ2v) is 5.07. The first-order chi connectivity index (χ1) is 10.4. The van der Waals surface area contributed by atoms with Crippen molar-refractivity contribution in [3.8, 4) is 5.75 Å². The van der Waals surface area contributed by atoms with Gasteiger partial charge in [0.25, 0.3) is 0 Å². The Morgan fingerprint density at radius 2 is 1.91 bits per heavy atom. The average molecular weight is 306 g/mol. The fourth-order valence-corrected chi connectivity index (χ4v) is 2.23. The molecule has 0 spiro atoms. The van der Waals surface area contributed by atoms with Crippen LogP contribution in [0.25, 0.3) is 11.0 Å². The van der Waals surface area contributed by atoms with Crippen molar-refractivity contribution in [3.05, 3.63) is 65.4 Å². The molecule has 2 nitrogen and oxygen atoms in total. The summed E-state index contributed by atoms with van der Waals surface area (Å²) in [6.45, 7) is 2.11. The van der Waals surface area contributed by atoms with Gasteiger partial charge in [-0.3, -0.25) is 0 Å². The summed E-state index contributed by atoms with van der Waals surface area (Å²) in [4.78, 5) is 0. The third-order valence-electron chi connectivity index (χ3n) is 3.36. The molecule has 0 aliphatic heterocycles. The molecule has 0 saturated carbocycles. The van der Waals surface area contributed by atoms with E-state index in [1.54, 1.807) is 6.26 Å². The van der Waals surface area contributed by atoms with Crippen molar-refractivity contribution >= 4 is 11.0 Å². The second-order valence-electron chi connectivity index (χ2n) is 5.07. The highest BCUT2D eigenvalue weighted by molar-refractivity contribution is 5.81. The molecular weight excluding hydrogens is 293 g/mol. The number of benzene rings is 2. The molecule has 0 unspecified atom stereocenters. The predicted molar refractivity (Wildman–Crippen MR) is 76.7 cm³/mol. The van der Waals surface area contributed by atoms with Crippen LogP contribution in [-0.2, 0) is 12.8 Å². The van der Waals surface area contributed by atoms with Crippen LogP contribution in [0.4, 0.5) is 13.2 Å². The smallest absolute Gasteiger partial charge is 0.416 e. The van der Waals surface area contributed by atoms with Crippen molar-refractivity contribution < 1.29 is 22.3 Å². The lowest BCUT2D eigenvalue weighted by atomic mass is 10.1. The maximum atomic E-state index is 12.7. The maximum absolute atomic E-state index is 12.7. The van der Waals surface area contributed by atoms with Gasteiger partial charge in [-0.05, 0) is 37.3 Å². The van der Waals surface area contributed by atoms with E-state index in [0.29, 0.717) is 0 Å². The van der Waals surface area contributed by atoms with Crippen LogP contribution in [0.1, 0.15) is 16.7 Å². The minimum Gasteiger partial charge on any atom is -0.489 e. The van der Waals surface area contributed by atoms with E-state index in [1.165, 1.54) is 12.1 Å². The second kappa shape index (κ2) is 5.40. The van der Waals surface area contributed by atoms with Gasteiger partial charge in [-0.1, -0.05) is 17.7 Å². The third-order valence-corrected chi connectivity index (χ3v) is 3.36. The van der Waals surface area contributed by atoms with Gasteiger partial charge in [0.15, 0.2) is 0 Å². The molecule has 0 fully saturated rings. The summed E-state index contributed by atoms with van der Waals surface area (Å²) >= 11 is 0. The molecule has 2 aromatic carbocycles. The van der Waals surface area contributed by atoms with E-state index >= 15 is 0 Å². The van der Waals surface area contributed by atoms with Crippen LogP contribution in [0.3, 0.4) is 0 Å². The number of hydrogen-bond donors (Lipinski definition) is 0. The van der Waals surface area contributed by atoms with Crippen LogP contribution in [0.2, 0.25) is 0 Å². The first-order valence-corrected chi connectivity index (χ1v) is 6.70. The SMILES string of the molecule is Cc1ccc2occ(COc3cccc(C(F)(F)F)c3)c2c1. The quantitative estimate of drug-likeness (QED) is 0.652. The van der Waals surface area contributed by atoms with Gasteiger partial charge < -0.3 is 9.15 Å². The third kappa shape index (κ3) is 2.93. The molecule has 1 heterocycles.